The predicted molar refractivity (Wildman–Crippen MR) is 107 cm³/mol. The summed E-state index contributed by atoms with van der Waals surface area (Å²) in [6.45, 7) is 1.74. The highest BCUT2D eigenvalue weighted by Gasteiger charge is 2.33. The summed E-state index contributed by atoms with van der Waals surface area (Å²) in [6.07, 6.45) is 3.22. The molecule has 7 nitrogen and oxygen atoms in total. The van der Waals surface area contributed by atoms with E-state index in [9.17, 15) is 9.59 Å². The van der Waals surface area contributed by atoms with Gasteiger partial charge in [-0.1, -0.05) is 23.5 Å². The van der Waals surface area contributed by atoms with Gasteiger partial charge in [0.25, 0.3) is 5.56 Å². The van der Waals surface area contributed by atoms with Gasteiger partial charge in [0.05, 0.1) is 42.3 Å². The molecule has 148 valence electrons. The lowest BCUT2D eigenvalue weighted by atomic mass is 9.96. The fourth-order valence-corrected chi connectivity index (χ4v) is 4.32. The second kappa shape index (κ2) is 7.56. The molecule has 0 radical (unpaired) electrons. The molecular formula is C21H18N2O5S. The van der Waals surface area contributed by atoms with Gasteiger partial charge in [-0.3, -0.25) is 9.36 Å². The summed E-state index contributed by atoms with van der Waals surface area (Å²) in [6, 6.07) is 10.1. The standard InChI is InChI=1S/C21H18N2O5S/c1-12-17(20(25)27-3)18(13-6-8-14(26-2)9-7-13)23-19(24)16(29-21(23)22-12)11-15-5-4-10-28-15/h4-11,18H,1-3H3/b16-11+. The van der Waals surface area contributed by atoms with Gasteiger partial charge in [0.2, 0.25) is 0 Å². The SMILES string of the molecule is COC(=O)C1=C(C)N=c2s/c(=C/c3ccco3)c(=O)n2C1c1ccc(OC)cc1. The van der Waals surface area contributed by atoms with Gasteiger partial charge in [-0.05, 0) is 36.8 Å². The molecule has 0 spiro atoms. The van der Waals surface area contributed by atoms with E-state index in [0.29, 0.717) is 32.1 Å². The number of thiazole rings is 1. The second-order valence-corrected chi connectivity index (χ2v) is 7.37. The molecule has 0 fully saturated rings. The summed E-state index contributed by atoms with van der Waals surface area (Å²) in [5.41, 5.74) is 1.35. The van der Waals surface area contributed by atoms with Crippen LogP contribution < -0.4 is 19.6 Å². The number of furan rings is 1. The molecule has 0 saturated heterocycles. The van der Waals surface area contributed by atoms with E-state index < -0.39 is 12.0 Å². The van der Waals surface area contributed by atoms with E-state index in [1.807, 2.05) is 12.1 Å². The number of esters is 1. The smallest absolute Gasteiger partial charge is 0.338 e. The number of carbonyl (C=O) groups is 1. The van der Waals surface area contributed by atoms with Crippen LogP contribution in [0, 0.1) is 0 Å². The van der Waals surface area contributed by atoms with Gasteiger partial charge in [0, 0.05) is 6.08 Å². The van der Waals surface area contributed by atoms with Crippen LogP contribution in [0.2, 0.25) is 0 Å². The van der Waals surface area contributed by atoms with Crippen molar-refractivity contribution in [1.29, 1.82) is 0 Å². The Morgan fingerprint density at radius 1 is 1.24 bits per heavy atom. The molecule has 1 aliphatic heterocycles. The van der Waals surface area contributed by atoms with Crippen LogP contribution in [-0.2, 0) is 9.53 Å². The number of ether oxygens (including phenoxy) is 2. The number of hydrogen-bond donors (Lipinski definition) is 0. The Kier molecular flexibility index (Phi) is 4.94. The molecular weight excluding hydrogens is 392 g/mol. The van der Waals surface area contributed by atoms with Crippen molar-refractivity contribution in [3.63, 3.8) is 0 Å². The minimum Gasteiger partial charge on any atom is -0.497 e. The number of fused-ring (bicyclic) bond motifs is 1. The fraction of sp³-hybridized carbons (Fsp3) is 0.190. The summed E-state index contributed by atoms with van der Waals surface area (Å²) in [4.78, 5) is 30.8. The third-order valence-electron chi connectivity index (χ3n) is 4.68. The van der Waals surface area contributed by atoms with Gasteiger partial charge in [0.1, 0.15) is 11.5 Å². The van der Waals surface area contributed by atoms with Crippen LogP contribution in [0.3, 0.4) is 0 Å². The van der Waals surface area contributed by atoms with Gasteiger partial charge >= 0.3 is 5.97 Å². The number of aromatic nitrogens is 1. The molecule has 29 heavy (non-hydrogen) atoms. The Morgan fingerprint density at radius 2 is 2.00 bits per heavy atom. The first kappa shape index (κ1) is 18.9. The van der Waals surface area contributed by atoms with Crippen LogP contribution in [-0.4, -0.2) is 24.8 Å². The van der Waals surface area contributed by atoms with Crippen LogP contribution in [0.1, 0.15) is 24.3 Å². The van der Waals surface area contributed by atoms with Crippen molar-refractivity contribution in [2.24, 2.45) is 4.99 Å². The molecule has 0 bridgehead atoms. The monoisotopic (exact) mass is 410 g/mol. The second-order valence-electron chi connectivity index (χ2n) is 6.36. The van der Waals surface area contributed by atoms with Crippen molar-refractivity contribution in [2.45, 2.75) is 13.0 Å². The van der Waals surface area contributed by atoms with Crippen LogP contribution >= 0.6 is 11.3 Å². The third kappa shape index (κ3) is 3.31. The quantitative estimate of drug-likeness (QED) is 0.615. The first-order valence-corrected chi connectivity index (χ1v) is 9.63. The minimum atomic E-state index is -0.650. The van der Waals surface area contributed by atoms with Crippen molar-refractivity contribution < 1.29 is 18.7 Å². The molecule has 2 aromatic heterocycles. The normalized spacial score (nSPS) is 16.4. The Balaban J connectivity index is 1.97. The third-order valence-corrected chi connectivity index (χ3v) is 5.66. The number of hydrogen-bond acceptors (Lipinski definition) is 7. The molecule has 0 aliphatic carbocycles. The highest BCUT2D eigenvalue weighted by Crippen LogP contribution is 2.31. The van der Waals surface area contributed by atoms with Gasteiger partial charge in [-0.2, -0.15) is 0 Å². The van der Waals surface area contributed by atoms with Crippen molar-refractivity contribution in [2.75, 3.05) is 14.2 Å². The number of rotatable bonds is 4. The molecule has 0 amide bonds. The van der Waals surface area contributed by atoms with Gasteiger partial charge < -0.3 is 13.9 Å². The van der Waals surface area contributed by atoms with E-state index in [1.165, 1.54) is 23.0 Å². The zero-order chi connectivity index (χ0) is 20.5. The molecule has 0 N–H and O–H groups in total. The highest BCUT2D eigenvalue weighted by molar-refractivity contribution is 7.07. The zero-order valence-electron chi connectivity index (χ0n) is 16.0. The van der Waals surface area contributed by atoms with Crippen LogP contribution in [0.4, 0.5) is 0 Å². The Bertz CT molecular complexity index is 1260. The maximum absolute atomic E-state index is 13.3. The zero-order valence-corrected chi connectivity index (χ0v) is 16.9. The molecule has 8 heteroatoms. The Labute approximate surface area is 169 Å². The minimum absolute atomic E-state index is 0.250. The van der Waals surface area contributed by atoms with Crippen molar-refractivity contribution in [3.8, 4) is 5.75 Å². The summed E-state index contributed by atoms with van der Waals surface area (Å²) in [5.74, 6) is 0.729. The molecule has 1 aromatic carbocycles. The lowest BCUT2D eigenvalue weighted by Crippen LogP contribution is -2.39. The van der Waals surface area contributed by atoms with E-state index in [0.717, 1.165) is 5.56 Å². The van der Waals surface area contributed by atoms with Gasteiger partial charge in [-0.25, -0.2) is 9.79 Å². The number of carbonyl (C=O) groups excluding carboxylic acids is 1. The maximum Gasteiger partial charge on any atom is 0.338 e. The predicted octanol–water partition coefficient (Wildman–Crippen LogP) is 2.01. The first-order valence-electron chi connectivity index (χ1n) is 8.82. The number of methoxy groups -OCH3 is 2. The van der Waals surface area contributed by atoms with Crippen LogP contribution in [0.5, 0.6) is 5.75 Å². The summed E-state index contributed by atoms with van der Waals surface area (Å²) in [7, 11) is 2.90. The van der Waals surface area contributed by atoms with Crippen LogP contribution in [0.25, 0.3) is 6.08 Å². The summed E-state index contributed by atoms with van der Waals surface area (Å²) in [5, 5.41) is 0. The molecule has 1 unspecified atom stereocenters. The molecule has 1 atom stereocenters. The van der Waals surface area contributed by atoms with Crippen molar-refractivity contribution >= 4 is 23.4 Å². The van der Waals surface area contributed by atoms with E-state index in [-0.39, 0.29) is 5.56 Å². The topological polar surface area (TPSA) is 83.0 Å². The lowest BCUT2D eigenvalue weighted by molar-refractivity contribution is -0.136. The molecule has 1 aliphatic rings. The van der Waals surface area contributed by atoms with Gasteiger partial charge in [-0.15, -0.1) is 0 Å². The molecule has 3 aromatic rings. The average Bonchev–Trinajstić information content (AvgIpc) is 3.35. The Morgan fingerprint density at radius 3 is 2.62 bits per heavy atom. The van der Waals surface area contributed by atoms with Crippen molar-refractivity contribution in [1.82, 2.24) is 4.57 Å². The maximum atomic E-state index is 13.3. The lowest BCUT2D eigenvalue weighted by Gasteiger charge is -2.24. The largest absolute Gasteiger partial charge is 0.497 e. The Hall–Kier alpha value is -3.39. The van der Waals surface area contributed by atoms with E-state index in [4.69, 9.17) is 13.9 Å². The van der Waals surface area contributed by atoms with E-state index in [2.05, 4.69) is 4.99 Å². The molecule has 3 heterocycles. The van der Waals surface area contributed by atoms with Gasteiger partial charge in [0.15, 0.2) is 4.80 Å². The fourth-order valence-electron chi connectivity index (χ4n) is 3.30. The molecule has 4 rings (SSSR count). The van der Waals surface area contributed by atoms with E-state index >= 15 is 0 Å². The number of benzene rings is 1. The van der Waals surface area contributed by atoms with E-state index in [1.54, 1.807) is 50.6 Å². The van der Waals surface area contributed by atoms with Crippen molar-refractivity contribution in [3.05, 3.63) is 84.9 Å². The average molecular weight is 410 g/mol. The number of allylic oxidation sites excluding steroid dienone is 1. The summed E-state index contributed by atoms with van der Waals surface area (Å²) >= 11 is 1.25. The van der Waals surface area contributed by atoms with Crippen LogP contribution in [0.15, 0.2) is 68.1 Å². The first-order chi connectivity index (χ1) is 14.0. The summed E-state index contributed by atoms with van der Waals surface area (Å²) < 4.78 is 17.5. The molecule has 0 saturated carbocycles. The highest BCUT2D eigenvalue weighted by atomic mass is 32.1. The number of nitrogens with zero attached hydrogens (tertiary/aromatic N) is 2.